The van der Waals surface area contributed by atoms with Gasteiger partial charge in [0, 0.05) is 55.3 Å². The molecule has 0 aliphatic carbocycles. The summed E-state index contributed by atoms with van der Waals surface area (Å²) < 4.78 is 40.9. The Labute approximate surface area is 275 Å². The average molecular weight is 661 g/mol. The van der Waals surface area contributed by atoms with Gasteiger partial charge in [-0.3, -0.25) is 9.59 Å². The molecule has 2 aromatic heterocycles. The van der Waals surface area contributed by atoms with E-state index in [1.54, 1.807) is 9.80 Å². The van der Waals surface area contributed by atoms with Crippen LogP contribution < -0.4 is 0 Å². The molecular formula is C35H35F3N6O2S. The zero-order valence-corrected chi connectivity index (χ0v) is 27.0. The zero-order chi connectivity index (χ0) is 33.1. The van der Waals surface area contributed by atoms with Crippen LogP contribution in [0.4, 0.5) is 13.2 Å². The fourth-order valence-electron chi connectivity index (χ4n) is 6.00. The first-order chi connectivity index (χ1) is 22.6. The number of rotatable bonds is 9. The number of fused-ring (bicyclic) bond motifs is 3. The normalized spacial score (nSPS) is 15.5. The Morgan fingerprint density at radius 2 is 1.72 bits per heavy atom. The van der Waals surface area contributed by atoms with E-state index in [0.29, 0.717) is 44.2 Å². The summed E-state index contributed by atoms with van der Waals surface area (Å²) in [6.07, 6.45) is -2.56. The molecule has 0 spiro atoms. The number of carbonyl (C=O) groups is 2. The van der Waals surface area contributed by atoms with Crippen LogP contribution in [-0.4, -0.2) is 72.8 Å². The van der Waals surface area contributed by atoms with Crippen LogP contribution in [-0.2, 0) is 17.5 Å². The third-order valence-corrected chi connectivity index (χ3v) is 9.43. The van der Waals surface area contributed by atoms with E-state index in [4.69, 9.17) is 4.98 Å². The summed E-state index contributed by atoms with van der Waals surface area (Å²) in [5.74, 6) is 0.439. The number of thioether (sulfide) groups is 1. The molecule has 1 fully saturated rings. The van der Waals surface area contributed by atoms with Gasteiger partial charge in [0.1, 0.15) is 5.52 Å². The number of hydrogen-bond acceptors (Lipinski definition) is 6. The summed E-state index contributed by atoms with van der Waals surface area (Å²) in [5, 5.41) is 10.6. The predicted octanol–water partition coefficient (Wildman–Crippen LogP) is 6.99. The second-order valence-electron chi connectivity index (χ2n) is 11.9. The molecule has 3 aromatic carbocycles. The minimum Gasteiger partial charge on any atom is -0.339 e. The van der Waals surface area contributed by atoms with E-state index in [0.717, 1.165) is 51.9 Å². The molecule has 0 saturated carbocycles. The molecular weight excluding hydrogens is 625 g/mol. The van der Waals surface area contributed by atoms with E-state index in [2.05, 4.69) is 52.0 Å². The second kappa shape index (κ2) is 13.7. The van der Waals surface area contributed by atoms with Gasteiger partial charge in [0.2, 0.25) is 11.1 Å². The van der Waals surface area contributed by atoms with Crippen molar-refractivity contribution in [2.45, 2.75) is 57.0 Å². The molecule has 5 aromatic rings. The molecule has 3 heterocycles. The Bertz CT molecular complexity index is 1900. The largest absolute Gasteiger partial charge is 0.416 e. The Balaban J connectivity index is 1.01. The van der Waals surface area contributed by atoms with Crippen LogP contribution >= 0.6 is 11.8 Å². The first-order valence-corrected chi connectivity index (χ1v) is 16.6. The number of piperazine rings is 1. The van der Waals surface area contributed by atoms with E-state index < -0.39 is 11.7 Å². The number of benzene rings is 3. The number of amides is 2. The molecule has 0 bridgehead atoms. The molecule has 244 valence electrons. The molecule has 0 radical (unpaired) electrons. The molecule has 1 aliphatic rings. The molecule has 8 nitrogen and oxygen atoms in total. The fourth-order valence-corrected chi connectivity index (χ4v) is 6.78. The highest BCUT2D eigenvalue weighted by atomic mass is 32.2. The van der Waals surface area contributed by atoms with Gasteiger partial charge in [0.05, 0.1) is 11.1 Å². The van der Waals surface area contributed by atoms with Crippen molar-refractivity contribution in [2.24, 2.45) is 0 Å². The van der Waals surface area contributed by atoms with E-state index in [-0.39, 0.29) is 23.4 Å². The van der Waals surface area contributed by atoms with Crippen LogP contribution in [0.2, 0.25) is 0 Å². The molecule has 1 atom stereocenters. The number of carbonyl (C=O) groups excluding carboxylic acids is 2. The van der Waals surface area contributed by atoms with E-state index in [9.17, 15) is 22.8 Å². The van der Waals surface area contributed by atoms with E-state index >= 15 is 0 Å². The first kappa shape index (κ1) is 32.5. The highest BCUT2D eigenvalue weighted by molar-refractivity contribution is 7.99. The Morgan fingerprint density at radius 3 is 2.45 bits per heavy atom. The summed E-state index contributed by atoms with van der Waals surface area (Å²) in [5.41, 5.74) is 4.38. The maximum absolute atomic E-state index is 13.0. The maximum atomic E-state index is 13.0. The lowest BCUT2D eigenvalue weighted by Gasteiger charge is -2.40. The van der Waals surface area contributed by atoms with Crippen LogP contribution in [0.1, 0.15) is 53.2 Å². The SMILES string of the molecule is Cc1ccc2c(c1)c1nnc(SCCCCC(=O)N3CCN(C(=O)c4ccc(C(F)(F)F)cc4)C(C)C3)nc1n2Cc1ccccc1. The smallest absolute Gasteiger partial charge is 0.339 e. The molecule has 12 heteroatoms. The van der Waals surface area contributed by atoms with Crippen molar-refractivity contribution in [3.8, 4) is 0 Å². The molecule has 2 amide bonds. The molecule has 0 N–H and O–H groups in total. The van der Waals surface area contributed by atoms with Gasteiger partial charge in [-0.1, -0.05) is 53.7 Å². The highest BCUT2D eigenvalue weighted by Crippen LogP contribution is 2.31. The first-order valence-electron chi connectivity index (χ1n) is 15.6. The number of alkyl halides is 3. The Hall–Kier alpha value is -4.45. The monoisotopic (exact) mass is 660 g/mol. The van der Waals surface area contributed by atoms with Crippen molar-refractivity contribution >= 4 is 45.6 Å². The zero-order valence-electron chi connectivity index (χ0n) is 26.2. The number of halogens is 3. The minimum absolute atomic E-state index is 0.0311. The topological polar surface area (TPSA) is 84.2 Å². The van der Waals surface area contributed by atoms with Crippen molar-refractivity contribution in [3.63, 3.8) is 0 Å². The number of aromatic nitrogens is 4. The van der Waals surface area contributed by atoms with Crippen molar-refractivity contribution < 1.29 is 22.8 Å². The van der Waals surface area contributed by atoms with Crippen LogP contribution in [0.25, 0.3) is 22.1 Å². The number of hydrogen-bond donors (Lipinski definition) is 0. The van der Waals surface area contributed by atoms with Gasteiger partial charge in [-0.25, -0.2) is 4.98 Å². The summed E-state index contributed by atoms with van der Waals surface area (Å²) in [6.45, 7) is 5.69. The lowest BCUT2D eigenvalue weighted by Crippen LogP contribution is -2.55. The number of nitrogens with zero attached hydrogens (tertiary/aromatic N) is 6. The van der Waals surface area contributed by atoms with Crippen LogP contribution in [0.5, 0.6) is 0 Å². The molecule has 1 saturated heterocycles. The number of unbranched alkanes of at least 4 members (excludes halogenated alkanes) is 1. The molecule has 1 unspecified atom stereocenters. The summed E-state index contributed by atoms with van der Waals surface area (Å²) in [7, 11) is 0. The van der Waals surface area contributed by atoms with Gasteiger partial charge in [-0.2, -0.15) is 13.2 Å². The summed E-state index contributed by atoms with van der Waals surface area (Å²) in [6, 6.07) is 20.6. The molecule has 6 rings (SSSR count). The second-order valence-corrected chi connectivity index (χ2v) is 13.0. The summed E-state index contributed by atoms with van der Waals surface area (Å²) >= 11 is 1.52. The van der Waals surface area contributed by atoms with Crippen molar-refractivity contribution in [1.82, 2.24) is 29.5 Å². The van der Waals surface area contributed by atoms with Crippen LogP contribution in [0, 0.1) is 6.92 Å². The molecule has 1 aliphatic heterocycles. The lowest BCUT2D eigenvalue weighted by atomic mass is 10.1. The van der Waals surface area contributed by atoms with Gasteiger partial charge in [0.25, 0.3) is 5.91 Å². The Morgan fingerprint density at radius 1 is 0.957 bits per heavy atom. The van der Waals surface area contributed by atoms with E-state index in [1.807, 2.05) is 25.1 Å². The summed E-state index contributed by atoms with van der Waals surface area (Å²) in [4.78, 5) is 34.2. The average Bonchev–Trinajstić information content (AvgIpc) is 3.35. The standard InChI is InChI=1S/C35H35F3N6O2S/c1-23-11-16-29-28(20-23)31-32(44(29)22-25-8-4-3-5-9-25)39-34(41-40-31)47-19-7-6-10-30(45)42-17-18-43(24(2)21-42)33(46)26-12-14-27(15-13-26)35(36,37)38/h3-5,8-9,11-16,20,24H,6-7,10,17-19,21-22H2,1-2H3. The lowest BCUT2D eigenvalue weighted by molar-refractivity contribution is -0.137. The quantitative estimate of drug-likeness (QED) is 0.125. The minimum atomic E-state index is -4.46. The van der Waals surface area contributed by atoms with Crippen LogP contribution in [0.15, 0.2) is 78.0 Å². The van der Waals surface area contributed by atoms with Gasteiger partial charge in [0.15, 0.2) is 5.65 Å². The highest BCUT2D eigenvalue weighted by Gasteiger charge is 2.32. The van der Waals surface area contributed by atoms with Crippen molar-refractivity contribution in [2.75, 3.05) is 25.4 Å². The Kier molecular flexibility index (Phi) is 9.49. The predicted molar refractivity (Wildman–Crippen MR) is 176 cm³/mol. The molecule has 47 heavy (non-hydrogen) atoms. The van der Waals surface area contributed by atoms with Gasteiger partial charge < -0.3 is 14.4 Å². The maximum Gasteiger partial charge on any atom is 0.416 e. The fraction of sp³-hybridized carbons (Fsp3) is 0.343. The van der Waals surface area contributed by atoms with Crippen molar-refractivity contribution in [3.05, 3.63) is 95.1 Å². The van der Waals surface area contributed by atoms with Gasteiger partial charge in [-0.15, -0.1) is 10.2 Å². The number of aryl methyl sites for hydroxylation is 1. The van der Waals surface area contributed by atoms with Gasteiger partial charge in [-0.05, 0) is 68.7 Å². The third-order valence-electron chi connectivity index (χ3n) is 8.50. The van der Waals surface area contributed by atoms with Crippen LogP contribution in [0.3, 0.4) is 0 Å². The van der Waals surface area contributed by atoms with Crippen molar-refractivity contribution in [1.29, 1.82) is 0 Å². The van der Waals surface area contributed by atoms with Gasteiger partial charge >= 0.3 is 6.18 Å². The third kappa shape index (κ3) is 7.27. The van der Waals surface area contributed by atoms with E-state index in [1.165, 1.54) is 29.5 Å².